The average Bonchev–Trinajstić information content (AvgIpc) is 2.46. The van der Waals surface area contributed by atoms with Crippen molar-refractivity contribution in [3.05, 3.63) is 58.3 Å². The van der Waals surface area contributed by atoms with E-state index in [0.717, 1.165) is 22.4 Å². The van der Waals surface area contributed by atoms with Crippen LogP contribution in [-0.2, 0) is 6.54 Å². The van der Waals surface area contributed by atoms with Crippen molar-refractivity contribution in [3.63, 3.8) is 0 Å². The molecule has 0 saturated heterocycles. The number of hydrogen-bond acceptors (Lipinski definition) is 3. The second-order valence-corrected chi connectivity index (χ2v) is 5.77. The third-order valence-electron chi connectivity index (χ3n) is 3.25. The molecule has 1 atom stereocenters. The van der Waals surface area contributed by atoms with Gasteiger partial charge < -0.3 is 10.0 Å². The maximum Gasteiger partial charge on any atom is 0.0957 e. The van der Waals surface area contributed by atoms with Crippen molar-refractivity contribution in [2.75, 3.05) is 11.9 Å². The van der Waals surface area contributed by atoms with Gasteiger partial charge in [-0.1, -0.05) is 35.0 Å². The third kappa shape index (κ3) is 3.81. The summed E-state index contributed by atoms with van der Waals surface area (Å²) >= 11 is 3.48. The average molecular weight is 335 g/mol. The first-order valence-corrected chi connectivity index (χ1v) is 7.49. The van der Waals surface area contributed by atoms with Gasteiger partial charge in [0, 0.05) is 18.1 Å². The summed E-state index contributed by atoms with van der Waals surface area (Å²) in [5, 5.41) is 9.74. The molecule has 1 aromatic carbocycles. The van der Waals surface area contributed by atoms with Gasteiger partial charge in [0.2, 0.25) is 0 Å². The number of benzene rings is 1. The molecule has 3 nitrogen and oxygen atoms in total. The number of anilines is 1. The van der Waals surface area contributed by atoms with E-state index < -0.39 is 6.10 Å². The van der Waals surface area contributed by atoms with Crippen molar-refractivity contribution >= 4 is 21.6 Å². The zero-order valence-corrected chi connectivity index (χ0v) is 13.3. The van der Waals surface area contributed by atoms with Gasteiger partial charge in [0.05, 0.1) is 23.7 Å². The van der Waals surface area contributed by atoms with Gasteiger partial charge in [0.25, 0.3) is 0 Å². The molecule has 1 aromatic heterocycles. The summed E-state index contributed by atoms with van der Waals surface area (Å²) in [6.45, 7) is 2.76. The standard InChI is InChI=1S/C16H19BrN2O/c1-3-16(20)15-8-7-14(10-18-15)19(2)11-12-5-4-6-13(17)9-12/h4-10,16,20H,3,11H2,1-2H3/t16-/m0/s1. The maximum atomic E-state index is 9.74. The van der Waals surface area contributed by atoms with Crippen molar-refractivity contribution in [3.8, 4) is 0 Å². The minimum absolute atomic E-state index is 0.473. The number of aromatic nitrogens is 1. The summed E-state index contributed by atoms with van der Waals surface area (Å²) in [6.07, 6.45) is 2.02. The van der Waals surface area contributed by atoms with Crippen LogP contribution in [0.25, 0.3) is 0 Å². The molecule has 106 valence electrons. The van der Waals surface area contributed by atoms with E-state index in [1.165, 1.54) is 5.56 Å². The molecule has 4 heteroatoms. The Bertz CT molecular complexity index is 557. The molecule has 0 amide bonds. The Morgan fingerprint density at radius 1 is 1.30 bits per heavy atom. The quantitative estimate of drug-likeness (QED) is 0.900. The van der Waals surface area contributed by atoms with E-state index >= 15 is 0 Å². The molecule has 1 N–H and O–H groups in total. The van der Waals surface area contributed by atoms with Crippen LogP contribution in [0.2, 0.25) is 0 Å². The van der Waals surface area contributed by atoms with Gasteiger partial charge >= 0.3 is 0 Å². The van der Waals surface area contributed by atoms with Gasteiger partial charge in [0.1, 0.15) is 0 Å². The molecule has 0 unspecified atom stereocenters. The molecule has 0 bridgehead atoms. The van der Waals surface area contributed by atoms with Gasteiger partial charge in [-0.15, -0.1) is 0 Å². The smallest absolute Gasteiger partial charge is 0.0957 e. The molecule has 0 aliphatic rings. The fourth-order valence-electron chi connectivity index (χ4n) is 2.03. The van der Waals surface area contributed by atoms with Gasteiger partial charge in [-0.25, -0.2) is 0 Å². The van der Waals surface area contributed by atoms with E-state index in [1.54, 1.807) is 0 Å². The predicted molar refractivity (Wildman–Crippen MR) is 85.7 cm³/mol. The summed E-state index contributed by atoms with van der Waals surface area (Å²) in [7, 11) is 2.04. The van der Waals surface area contributed by atoms with E-state index in [1.807, 2.05) is 44.4 Å². The zero-order chi connectivity index (χ0) is 14.5. The molecule has 0 radical (unpaired) electrons. The lowest BCUT2D eigenvalue weighted by molar-refractivity contribution is 0.169. The number of hydrogen-bond donors (Lipinski definition) is 1. The summed E-state index contributed by atoms with van der Waals surface area (Å²) < 4.78 is 1.09. The van der Waals surface area contributed by atoms with Crippen LogP contribution in [0.1, 0.15) is 30.7 Å². The van der Waals surface area contributed by atoms with Crippen molar-refractivity contribution in [1.82, 2.24) is 4.98 Å². The van der Waals surface area contributed by atoms with Crippen molar-refractivity contribution in [2.45, 2.75) is 26.0 Å². The van der Waals surface area contributed by atoms with Crippen LogP contribution in [0.5, 0.6) is 0 Å². The lowest BCUT2D eigenvalue weighted by Gasteiger charge is -2.20. The van der Waals surface area contributed by atoms with Crippen LogP contribution in [0.3, 0.4) is 0 Å². The number of nitrogens with zero attached hydrogens (tertiary/aromatic N) is 2. The largest absolute Gasteiger partial charge is 0.387 e. The molecule has 1 heterocycles. The third-order valence-corrected chi connectivity index (χ3v) is 3.74. The summed E-state index contributed by atoms with van der Waals surface area (Å²) in [5.41, 5.74) is 3.00. The Kier molecular flexibility index (Phi) is 5.15. The highest BCUT2D eigenvalue weighted by Crippen LogP contribution is 2.20. The number of rotatable bonds is 5. The first kappa shape index (κ1) is 15.0. The lowest BCUT2D eigenvalue weighted by Crippen LogP contribution is -2.16. The van der Waals surface area contributed by atoms with Gasteiger partial charge in [-0.3, -0.25) is 4.98 Å². The normalized spacial score (nSPS) is 12.2. The fourth-order valence-corrected chi connectivity index (χ4v) is 2.48. The monoisotopic (exact) mass is 334 g/mol. The maximum absolute atomic E-state index is 9.74. The molecule has 0 aliphatic heterocycles. The number of aliphatic hydroxyl groups is 1. The number of halogens is 1. The number of pyridine rings is 1. The minimum Gasteiger partial charge on any atom is -0.387 e. The van der Waals surface area contributed by atoms with Crippen LogP contribution >= 0.6 is 15.9 Å². The molecule has 2 rings (SSSR count). The van der Waals surface area contributed by atoms with Crippen LogP contribution in [0.15, 0.2) is 47.1 Å². The Hall–Kier alpha value is -1.39. The SMILES string of the molecule is CC[C@H](O)c1ccc(N(C)Cc2cccc(Br)c2)cn1. The summed E-state index contributed by atoms with van der Waals surface area (Å²) in [6, 6.07) is 12.2. The lowest BCUT2D eigenvalue weighted by atomic mass is 10.1. The van der Waals surface area contributed by atoms with Crippen LogP contribution in [-0.4, -0.2) is 17.1 Å². The van der Waals surface area contributed by atoms with Crippen LogP contribution in [0.4, 0.5) is 5.69 Å². The summed E-state index contributed by atoms with van der Waals surface area (Å²) in [4.78, 5) is 6.46. The molecule has 0 saturated carbocycles. The molecule has 20 heavy (non-hydrogen) atoms. The second kappa shape index (κ2) is 6.86. The highest BCUT2D eigenvalue weighted by Gasteiger charge is 2.08. The van der Waals surface area contributed by atoms with Gasteiger partial charge in [-0.2, -0.15) is 0 Å². The van der Waals surface area contributed by atoms with E-state index in [-0.39, 0.29) is 0 Å². The predicted octanol–water partition coefficient (Wildman–Crippen LogP) is 3.92. The molecule has 0 spiro atoms. The number of aliphatic hydroxyl groups excluding tert-OH is 1. The molecule has 0 aliphatic carbocycles. The van der Waals surface area contributed by atoms with Gasteiger partial charge in [-0.05, 0) is 36.2 Å². The Morgan fingerprint density at radius 2 is 2.10 bits per heavy atom. The first-order chi connectivity index (χ1) is 9.60. The highest BCUT2D eigenvalue weighted by molar-refractivity contribution is 9.10. The van der Waals surface area contributed by atoms with Crippen molar-refractivity contribution in [1.29, 1.82) is 0 Å². The van der Waals surface area contributed by atoms with Crippen molar-refractivity contribution in [2.24, 2.45) is 0 Å². The topological polar surface area (TPSA) is 36.4 Å². The molecular formula is C16H19BrN2O. The van der Waals surface area contributed by atoms with E-state index in [0.29, 0.717) is 6.42 Å². The van der Waals surface area contributed by atoms with E-state index in [4.69, 9.17) is 0 Å². The molecular weight excluding hydrogens is 316 g/mol. The Labute approximate surface area is 128 Å². The van der Waals surface area contributed by atoms with Crippen molar-refractivity contribution < 1.29 is 5.11 Å². The van der Waals surface area contributed by atoms with Crippen LogP contribution < -0.4 is 4.90 Å². The Balaban J connectivity index is 2.07. The van der Waals surface area contributed by atoms with E-state index in [2.05, 4.69) is 37.9 Å². The first-order valence-electron chi connectivity index (χ1n) is 6.69. The Morgan fingerprint density at radius 3 is 2.70 bits per heavy atom. The zero-order valence-electron chi connectivity index (χ0n) is 11.8. The highest BCUT2D eigenvalue weighted by atomic mass is 79.9. The molecule has 0 fully saturated rings. The van der Waals surface area contributed by atoms with Crippen LogP contribution in [0, 0.1) is 0 Å². The second-order valence-electron chi connectivity index (χ2n) is 4.85. The molecule has 2 aromatic rings. The van der Waals surface area contributed by atoms with E-state index in [9.17, 15) is 5.11 Å². The summed E-state index contributed by atoms with van der Waals surface area (Å²) in [5.74, 6) is 0. The fraction of sp³-hybridized carbons (Fsp3) is 0.312. The van der Waals surface area contributed by atoms with Gasteiger partial charge in [0.15, 0.2) is 0 Å². The minimum atomic E-state index is -0.473.